The molecule has 0 fully saturated rings. The van der Waals surface area contributed by atoms with E-state index in [9.17, 15) is 8.42 Å². The molecular weight excluding hydrogens is 320 g/mol. The quantitative estimate of drug-likeness (QED) is 0.581. The van der Waals surface area contributed by atoms with Crippen LogP contribution in [0.4, 0.5) is 0 Å². The van der Waals surface area contributed by atoms with E-state index in [0.29, 0.717) is 12.3 Å². The van der Waals surface area contributed by atoms with Crippen LogP contribution < -0.4 is 4.72 Å². The summed E-state index contributed by atoms with van der Waals surface area (Å²) in [6.45, 7) is 11.0. The fourth-order valence-corrected chi connectivity index (χ4v) is 3.45. The Morgan fingerprint density at radius 2 is 1.95 bits per heavy atom. The standard InChI is InChI=1S/C14H26N2O4SSi/c1-14(2,3)22(4,5)20-9-8-16-21(18,19)13-7-6-12(11-17)15-10-13/h6-7,10,16-17H,8-9,11H2,1-5H3. The first-order chi connectivity index (χ1) is 9.99. The lowest BCUT2D eigenvalue weighted by molar-refractivity contribution is 0.276. The van der Waals surface area contributed by atoms with Gasteiger partial charge < -0.3 is 9.53 Å². The first kappa shape index (κ1) is 19.2. The van der Waals surface area contributed by atoms with Crippen LogP contribution in [0.25, 0.3) is 0 Å². The van der Waals surface area contributed by atoms with Crippen molar-refractivity contribution in [3.05, 3.63) is 24.0 Å². The number of sulfonamides is 1. The van der Waals surface area contributed by atoms with Crippen molar-refractivity contribution in [3.8, 4) is 0 Å². The SMILES string of the molecule is CC(C)(C)[Si](C)(C)OCCNS(=O)(=O)c1ccc(CO)nc1. The second-order valence-electron chi connectivity index (χ2n) is 6.65. The van der Waals surface area contributed by atoms with E-state index >= 15 is 0 Å². The number of hydrogen-bond donors (Lipinski definition) is 2. The lowest BCUT2D eigenvalue weighted by atomic mass is 10.2. The first-order valence-electron chi connectivity index (χ1n) is 7.19. The average Bonchev–Trinajstić information content (AvgIpc) is 2.42. The van der Waals surface area contributed by atoms with E-state index in [0.717, 1.165) is 0 Å². The van der Waals surface area contributed by atoms with Gasteiger partial charge in [-0.15, -0.1) is 0 Å². The molecule has 0 aromatic carbocycles. The highest BCUT2D eigenvalue weighted by atomic mass is 32.2. The molecule has 0 bridgehead atoms. The van der Waals surface area contributed by atoms with Crippen LogP contribution >= 0.6 is 0 Å². The zero-order valence-electron chi connectivity index (χ0n) is 13.9. The van der Waals surface area contributed by atoms with Gasteiger partial charge in [0.1, 0.15) is 4.90 Å². The number of rotatable bonds is 7. The minimum atomic E-state index is -3.60. The molecule has 1 heterocycles. The van der Waals surface area contributed by atoms with Gasteiger partial charge in [-0.2, -0.15) is 0 Å². The van der Waals surface area contributed by atoms with Gasteiger partial charge in [0.25, 0.3) is 0 Å². The minimum absolute atomic E-state index is 0.0806. The number of pyridine rings is 1. The molecule has 1 rings (SSSR count). The highest BCUT2D eigenvalue weighted by Gasteiger charge is 2.36. The lowest BCUT2D eigenvalue weighted by Gasteiger charge is -2.36. The summed E-state index contributed by atoms with van der Waals surface area (Å²) in [4.78, 5) is 3.95. The van der Waals surface area contributed by atoms with Gasteiger partial charge in [-0.05, 0) is 30.3 Å². The molecule has 0 aliphatic heterocycles. The van der Waals surface area contributed by atoms with Crippen LogP contribution in [0.2, 0.25) is 18.1 Å². The maximum absolute atomic E-state index is 12.1. The van der Waals surface area contributed by atoms with E-state index in [1.54, 1.807) is 0 Å². The van der Waals surface area contributed by atoms with Crippen molar-refractivity contribution in [1.82, 2.24) is 9.71 Å². The molecule has 0 saturated heterocycles. The van der Waals surface area contributed by atoms with Crippen LogP contribution in [0.5, 0.6) is 0 Å². The summed E-state index contributed by atoms with van der Waals surface area (Å²) < 4.78 is 32.6. The average molecular weight is 347 g/mol. The number of nitrogens with zero attached hydrogens (tertiary/aromatic N) is 1. The molecule has 0 atom stereocenters. The number of aliphatic hydroxyl groups excluding tert-OH is 1. The molecule has 0 saturated carbocycles. The number of hydrogen-bond acceptors (Lipinski definition) is 5. The summed E-state index contributed by atoms with van der Waals surface area (Å²) in [5, 5.41) is 9.00. The predicted molar refractivity (Wildman–Crippen MR) is 88.5 cm³/mol. The fraction of sp³-hybridized carbons (Fsp3) is 0.643. The van der Waals surface area contributed by atoms with E-state index in [2.05, 4.69) is 43.6 Å². The largest absolute Gasteiger partial charge is 0.415 e. The summed E-state index contributed by atoms with van der Waals surface area (Å²) >= 11 is 0. The Bertz CT molecular complexity index is 580. The van der Waals surface area contributed by atoms with Crippen molar-refractivity contribution in [2.75, 3.05) is 13.2 Å². The van der Waals surface area contributed by atoms with E-state index in [4.69, 9.17) is 9.53 Å². The van der Waals surface area contributed by atoms with Crippen molar-refractivity contribution in [2.24, 2.45) is 0 Å². The van der Waals surface area contributed by atoms with E-state index < -0.39 is 18.3 Å². The van der Waals surface area contributed by atoms with Crippen LogP contribution in [0.3, 0.4) is 0 Å². The van der Waals surface area contributed by atoms with Gasteiger partial charge in [0.2, 0.25) is 10.0 Å². The molecular formula is C14H26N2O4SSi. The Labute approximate surface area is 134 Å². The normalized spacial score (nSPS) is 13.4. The van der Waals surface area contributed by atoms with Gasteiger partial charge in [0.15, 0.2) is 8.32 Å². The van der Waals surface area contributed by atoms with Crippen molar-refractivity contribution in [2.45, 2.75) is 50.4 Å². The molecule has 0 amide bonds. The van der Waals surface area contributed by atoms with Crippen molar-refractivity contribution >= 4 is 18.3 Å². The van der Waals surface area contributed by atoms with E-state index in [1.807, 2.05) is 0 Å². The Morgan fingerprint density at radius 3 is 2.41 bits per heavy atom. The van der Waals surface area contributed by atoms with Crippen LogP contribution in [0.1, 0.15) is 26.5 Å². The van der Waals surface area contributed by atoms with E-state index in [-0.39, 0.29) is 23.1 Å². The molecule has 0 radical (unpaired) electrons. The Hall–Kier alpha value is -0.803. The summed E-state index contributed by atoms with van der Waals surface area (Å²) in [6.07, 6.45) is 1.24. The zero-order chi connectivity index (χ0) is 17.0. The van der Waals surface area contributed by atoms with Gasteiger partial charge in [0, 0.05) is 19.3 Å². The molecule has 0 unspecified atom stereocenters. The molecule has 2 N–H and O–H groups in total. The molecule has 126 valence electrons. The Morgan fingerprint density at radius 1 is 1.32 bits per heavy atom. The van der Waals surface area contributed by atoms with Gasteiger partial charge in [0.05, 0.1) is 12.3 Å². The van der Waals surface area contributed by atoms with Crippen molar-refractivity contribution in [1.29, 1.82) is 0 Å². The van der Waals surface area contributed by atoms with Crippen LogP contribution in [-0.2, 0) is 21.1 Å². The lowest BCUT2D eigenvalue weighted by Crippen LogP contribution is -2.42. The molecule has 0 aliphatic carbocycles. The molecule has 6 nitrogen and oxygen atoms in total. The molecule has 1 aromatic rings. The summed E-state index contributed by atoms with van der Waals surface area (Å²) in [5.74, 6) is 0. The number of nitrogens with one attached hydrogen (secondary N) is 1. The third kappa shape index (κ3) is 5.13. The minimum Gasteiger partial charge on any atom is -0.415 e. The van der Waals surface area contributed by atoms with Gasteiger partial charge in [-0.3, -0.25) is 4.98 Å². The Kier molecular flexibility index (Phi) is 6.28. The van der Waals surface area contributed by atoms with Gasteiger partial charge >= 0.3 is 0 Å². The molecule has 0 spiro atoms. The number of aromatic nitrogens is 1. The maximum Gasteiger partial charge on any atom is 0.242 e. The second kappa shape index (κ2) is 7.18. The third-order valence-electron chi connectivity index (χ3n) is 3.93. The molecule has 8 heteroatoms. The summed E-state index contributed by atoms with van der Waals surface area (Å²) in [5.41, 5.74) is 0.431. The summed E-state index contributed by atoms with van der Waals surface area (Å²) in [7, 11) is -5.47. The molecule has 0 aliphatic rings. The van der Waals surface area contributed by atoms with Crippen LogP contribution in [-0.4, -0.2) is 40.0 Å². The van der Waals surface area contributed by atoms with Gasteiger partial charge in [-0.25, -0.2) is 13.1 Å². The smallest absolute Gasteiger partial charge is 0.242 e. The van der Waals surface area contributed by atoms with Crippen LogP contribution in [0, 0.1) is 0 Å². The van der Waals surface area contributed by atoms with Gasteiger partial charge in [-0.1, -0.05) is 20.8 Å². The van der Waals surface area contributed by atoms with E-state index in [1.165, 1.54) is 18.3 Å². The first-order valence-corrected chi connectivity index (χ1v) is 11.6. The number of aliphatic hydroxyl groups is 1. The predicted octanol–water partition coefficient (Wildman–Crippen LogP) is 1.87. The van der Waals surface area contributed by atoms with Crippen LogP contribution in [0.15, 0.2) is 23.2 Å². The maximum atomic E-state index is 12.1. The molecule has 1 aromatic heterocycles. The highest BCUT2D eigenvalue weighted by molar-refractivity contribution is 7.89. The van der Waals surface area contributed by atoms with Crippen molar-refractivity contribution < 1.29 is 18.0 Å². The summed E-state index contributed by atoms with van der Waals surface area (Å²) in [6, 6.07) is 2.91. The highest BCUT2D eigenvalue weighted by Crippen LogP contribution is 2.36. The monoisotopic (exact) mass is 346 g/mol. The Balaban J connectivity index is 2.56. The molecule has 22 heavy (non-hydrogen) atoms. The topological polar surface area (TPSA) is 88.5 Å². The fourth-order valence-electron chi connectivity index (χ4n) is 1.45. The van der Waals surface area contributed by atoms with Crippen molar-refractivity contribution in [3.63, 3.8) is 0 Å². The third-order valence-corrected chi connectivity index (χ3v) is 9.92. The second-order valence-corrected chi connectivity index (χ2v) is 13.2. The zero-order valence-corrected chi connectivity index (χ0v) is 15.7.